The van der Waals surface area contributed by atoms with Crippen LogP contribution < -0.4 is 4.90 Å². The van der Waals surface area contributed by atoms with Crippen molar-refractivity contribution in [3.63, 3.8) is 0 Å². The first-order valence-corrected chi connectivity index (χ1v) is 8.06. The Morgan fingerprint density at radius 3 is 2.21 bits per heavy atom. The van der Waals surface area contributed by atoms with Gasteiger partial charge in [-0.2, -0.15) is 0 Å². The second-order valence-electron chi connectivity index (χ2n) is 5.53. The molecule has 0 unspecified atom stereocenters. The molecule has 0 spiro atoms. The van der Waals surface area contributed by atoms with Crippen LogP contribution in [-0.4, -0.2) is 30.4 Å². The predicted molar refractivity (Wildman–Crippen MR) is 91.8 cm³/mol. The molecule has 2 rings (SSSR count). The molecule has 24 heavy (non-hydrogen) atoms. The lowest BCUT2D eigenvalue weighted by molar-refractivity contribution is -0.130. The van der Waals surface area contributed by atoms with Gasteiger partial charge in [-0.05, 0) is 49.7 Å². The zero-order valence-electron chi connectivity index (χ0n) is 14.0. The second-order valence-corrected chi connectivity index (χ2v) is 5.53. The van der Waals surface area contributed by atoms with Crippen LogP contribution in [0.2, 0.25) is 0 Å². The van der Waals surface area contributed by atoms with Gasteiger partial charge in [0.15, 0.2) is 0 Å². The van der Waals surface area contributed by atoms with Crippen LogP contribution in [0.4, 0.5) is 14.5 Å². The summed E-state index contributed by atoms with van der Waals surface area (Å²) in [6, 6.07) is 12.4. The van der Waals surface area contributed by atoms with Gasteiger partial charge in [0.1, 0.15) is 11.6 Å². The maximum absolute atomic E-state index is 13.4. The van der Waals surface area contributed by atoms with Gasteiger partial charge in [-0.1, -0.05) is 18.2 Å². The van der Waals surface area contributed by atoms with Gasteiger partial charge in [0.25, 0.3) is 0 Å². The Hall–Kier alpha value is -2.43. The van der Waals surface area contributed by atoms with Gasteiger partial charge < -0.3 is 9.80 Å². The Bertz CT molecular complexity index is 691. The van der Waals surface area contributed by atoms with E-state index >= 15 is 0 Å². The van der Waals surface area contributed by atoms with Gasteiger partial charge in [0, 0.05) is 25.3 Å². The van der Waals surface area contributed by atoms with E-state index in [0.29, 0.717) is 25.3 Å². The SMILES string of the molecule is CCN(Cc1cccc(F)c1)C(=O)CN(CC)c1cccc(F)c1. The molecule has 5 heteroatoms. The maximum atomic E-state index is 13.4. The Morgan fingerprint density at radius 2 is 1.62 bits per heavy atom. The number of carbonyl (C=O) groups excluding carboxylic acids is 1. The van der Waals surface area contributed by atoms with Crippen molar-refractivity contribution in [2.24, 2.45) is 0 Å². The van der Waals surface area contributed by atoms with Crippen molar-refractivity contribution >= 4 is 11.6 Å². The summed E-state index contributed by atoms with van der Waals surface area (Å²) in [5, 5.41) is 0. The van der Waals surface area contributed by atoms with Crippen molar-refractivity contribution in [2.45, 2.75) is 20.4 Å². The van der Waals surface area contributed by atoms with Crippen LogP contribution in [-0.2, 0) is 11.3 Å². The fraction of sp³-hybridized carbons (Fsp3) is 0.316. The lowest BCUT2D eigenvalue weighted by Gasteiger charge is -2.27. The summed E-state index contributed by atoms with van der Waals surface area (Å²) in [7, 11) is 0. The second kappa shape index (κ2) is 8.43. The number of likely N-dealkylation sites (N-methyl/N-ethyl adjacent to an activating group) is 2. The highest BCUT2D eigenvalue weighted by atomic mass is 19.1. The third kappa shape index (κ3) is 4.78. The minimum absolute atomic E-state index is 0.0760. The summed E-state index contributed by atoms with van der Waals surface area (Å²) in [6.45, 7) is 5.43. The number of rotatable bonds is 7. The fourth-order valence-electron chi connectivity index (χ4n) is 2.55. The average molecular weight is 332 g/mol. The monoisotopic (exact) mass is 332 g/mol. The third-order valence-corrected chi connectivity index (χ3v) is 3.88. The standard InChI is InChI=1S/C19H22F2N2O/c1-3-22(18-10-6-9-17(21)12-18)14-19(24)23(4-2)13-15-7-5-8-16(20)11-15/h5-12H,3-4,13-14H2,1-2H3. The van der Waals surface area contributed by atoms with Gasteiger partial charge in [-0.15, -0.1) is 0 Å². The number of carbonyl (C=O) groups is 1. The van der Waals surface area contributed by atoms with E-state index in [4.69, 9.17) is 0 Å². The Balaban J connectivity index is 2.07. The molecule has 1 amide bonds. The molecule has 128 valence electrons. The normalized spacial score (nSPS) is 10.5. The van der Waals surface area contributed by atoms with Gasteiger partial charge in [0.2, 0.25) is 5.91 Å². The molecule has 0 heterocycles. The number of benzene rings is 2. The first-order valence-electron chi connectivity index (χ1n) is 8.06. The lowest BCUT2D eigenvalue weighted by atomic mass is 10.2. The Kier molecular flexibility index (Phi) is 6.29. The van der Waals surface area contributed by atoms with E-state index in [9.17, 15) is 13.6 Å². The van der Waals surface area contributed by atoms with Crippen LogP contribution in [0.1, 0.15) is 19.4 Å². The van der Waals surface area contributed by atoms with Crippen LogP contribution in [0.3, 0.4) is 0 Å². The van der Waals surface area contributed by atoms with E-state index in [1.807, 2.05) is 18.7 Å². The average Bonchev–Trinajstić information content (AvgIpc) is 2.57. The molecule has 0 radical (unpaired) electrons. The zero-order valence-corrected chi connectivity index (χ0v) is 14.0. The van der Waals surface area contributed by atoms with E-state index < -0.39 is 0 Å². The molecule has 3 nitrogen and oxygen atoms in total. The van der Waals surface area contributed by atoms with Crippen LogP contribution in [0.25, 0.3) is 0 Å². The molecule has 0 aliphatic carbocycles. The molecular formula is C19H22F2N2O. The zero-order chi connectivity index (χ0) is 17.5. The molecule has 0 aliphatic rings. The quantitative estimate of drug-likeness (QED) is 0.769. The van der Waals surface area contributed by atoms with Crippen LogP contribution in [0.15, 0.2) is 48.5 Å². The molecule has 2 aromatic rings. The fourth-order valence-corrected chi connectivity index (χ4v) is 2.55. The van der Waals surface area contributed by atoms with E-state index in [0.717, 1.165) is 5.56 Å². The molecule has 0 atom stereocenters. The number of hydrogen-bond acceptors (Lipinski definition) is 2. The molecule has 0 bridgehead atoms. The van der Waals surface area contributed by atoms with Crippen molar-refractivity contribution in [1.82, 2.24) is 4.90 Å². The number of nitrogens with zero attached hydrogens (tertiary/aromatic N) is 2. The number of amides is 1. The summed E-state index contributed by atoms with van der Waals surface area (Å²) in [4.78, 5) is 16.1. The smallest absolute Gasteiger partial charge is 0.242 e. The van der Waals surface area contributed by atoms with Crippen molar-refractivity contribution in [2.75, 3.05) is 24.5 Å². The molecule has 0 saturated carbocycles. The predicted octanol–water partition coefficient (Wildman–Crippen LogP) is 3.84. The van der Waals surface area contributed by atoms with Gasteiger partial charge in [-0.3, -0.25) is 4.79 Å². The molecule has 0 saturated heterocycles. The Labute approximate surface area is 141 Å². The lowest BCUT2D eigenvalue weighted by Crippen LogP contribution is -2.40. The number of anilines is 1. The summed E-state index contributed by atoms with van der Waals surface area (Å²) >= 11 is 0. The highest BCUT2D eigenvalue weighted by molar-refractivity contribution is 5.81. The summed E-state index contributed by atoms with van der Waals surface area (Å²) in [5.41, 5.74) is 1.42. The van der Waals surface area contributed by atoms with Gasteiger partial charge >= 0.3 is 0 Å². The van der Waals surface area contributed by atoms with Crippen LogP contribution in [0, 0.1) is 11.6 Å². The summed E-state index contributed by atoms with van der Waals surface area (Å²) in [5.74, 6) is -0.718. The van der Waals surface area contributed by atoms with Crippen molar-refractivity contribution in [1.29, 1.82) is 0 Å². The van der Waals surface area contributed by atoms with E-state index in [1.54, 1.807) is 29.2 Å². The highest BCUT2D eigenvalue weighted by Gasteiger charge is 2.16. The molecule has 0 fully saturated rings. The third-order valence-electron chi connectivity index (χ3n) is 3.88. The first kappa shape index (κ1) is 17.9. The molecular weight excluding hydrogens is 310 g/mol. The largest absolute Gasteiger partial charge is 0.362 e. The molecule has 0 aliphatic heterocycles. The van der Waals surface area contributed by atoms with Crippen molar-refractivity contribution in [3.8, 4) is 0 Å². The van der Waals surface area contributed by atoms with Crippen LogP contribution >= 0.6 is 0 Å². The van der Waals surface area contributed by atoms with E-state index in [1.165, 1.54) is 24.3 Å². The topological polar surface area (TPSA) is 23.6 Å². The van der Waals surface area contributed by atoms with Gasteiger partial charge in [-0.25, -0.2) is 8.78 Å². The van der Waals surface area contributed by atoms with E-state index in [-0.39, 0.29) is 24.1 Å². The number of halogens is 2. The Morgan fingerprint density at radius 1 is 0.958 bits per heavy atom. The maximum Gasteiger partial charge on any atom is 0.242 e. The van der Waals surface area contributed by atoms with Crippen molar-refractivity contribution in [3.05, 3.63) is 65.7 Å². The highest BCUT2D eigenvalue weighted by Crippen LogP contribution is 2.16. The van der Waals surface area contributed by atoms with Crippen LogP contribution in [0.5, 0.6) is 0 Å². The number of hydrogen-bond donors (Lipinski definition) is 0. The molecule has 0 N–H and O–H groups in total. The van der Waals surface area contributed by atoms with Crippen molar-refractivity contribution < 1.29 is 13.6 Å². The van der Waals surface area contributed by atoms with Gasteiger partial charge in [0.05, 0.1) is 6.54 Å². The summed E-state index contributed by atoms with van der Waals surface area (Å²) < 4.78 is 26.7. The summed E-state index contributed by atoms with van der Waals surface area (Å²) in [6.07, 6.45) is 0. The van der Waals surface area contributed by atoms with E-state index in [2.05, 4.69) is 0 Å². The minimum atomic E-state index is -0.328. The first-order chi connectivity index (χ1) is 11.5. The minimum Gasteiger partial charge on any atom is -0.362 e. The molecule has 2 aromatic carbocycles. The molecule has 0 aromatic heterocycles.